The normalized spacial score (nSPS) is 11.7. The zero-order valence-electron chi connectivity index (χ0n) is 15.6. The molecule has 140 valence electrons. The Bertz CT molecular complexity index is 757. The molecule has 0 N–H and O–H groups in total. The summed E-state index contributed by atoms with van der Waals surface area (Å²) < 4.78 is 23.8. The molecule has 0 aliphatic heterocycles. The maximum atomic E-state index is 6.29. The number of benzene rings is 3. The van der Waals surface area contributed by atoms with Crippen LogP contribution in [0.25, 0.3) is 0 Å². The summed E-state index contributed by atoms with van der Waals surface area (Å²) in [4.78, 5) is 0. The lowest BCUT2D eigenvalue weighted by Gasteiger charge is -2.27. The molecule has 0 saturated heterocycles. The van der Waals surface area contributed by atoms with Crippen LogP contribution in [0.4, 0.5) is 0 Å². The molecule has 0 saturated carbocycles. The molecule has 3 aromatic carbocycles. The highest BCUT2D eigenvalue weighted by Gasteiger charge is 2.42. The summed E-state index contributed by atoms with van der Waals surface area (Å²) >= 11 is 0. The molecule has 0 atom stereocenters. The minimum atomic E-state index is -2.99. The summed E-state index contributed by atoms with van der Waals surface area (Å²) in [7, 11) is -1.63. The molecule has 0 amide bonds. The second-order valence-corrected chi connectivity index (χ2v) is 11.2. The van der Waals surface area contributed by atoms with Crippen LogP contribution in [-0.4, -0.2) is 38.9 Å². The van der Waals surface area contributed by atoms with Gasteiger partial charge in [-0.1, -0.05) is 91.0 Å². The topological polar surface area (TPSA) is 36.9 Å². The fraction of sp³-hybridized carbons (Fsp3) is 0.143. The van der Waals surface area contributed by atoms with Gasteiger partial charge in [0.25, 0.3) is 0 Å². The van der Waals surface area contributed by atoms with Crippen molar-refractivity contribution in [3.63, 3.8) is 0 Å². The van der Waals surface area contributed by atoms with Crippen molar-refractivity contribution in [2.45, 2.75) is 0 Å². The molecule has 3 aromatic rings. The van der Waals surface area contributed by atoms with Crippen molar-refractivity contribution in [1.82, 2.24) is 0 Å². The quantitative estimate of drug-likeness (QED) is 0.407. The molecule has 3 rings (SSSR count). The van der Waals surface area contributed by atoms with Gasteiger partial charge in [0.1, 0.15) is 6.79 Å². The second kappa shape index (κ2) is 9.75. The van der Waals surface area contributed by atoms with Crippen molar-refractivity contribution in [3.05, 3.63) is 91.0 Å². The van der Waals surface area contributed by atoms with Crippen LogP contribution >= 0.6 is 0 Å². The molecule has 0 bridgehead atoms. The smallest absolute Gasteiger partial charge is 0.389 e. The van der Waals surface area contributed by atoms with Gasteiger partial charge < -0.3 is 17.7 Å². The first-order chi connectivity index (χ1) is 13.3. The zero-order valence-corrected chi connectivity index (χ0v) is 17.7. The van der Waals surface area contributed by atoms with Crippen LogP contribution < -0.4 is 15.6 Å². The van der Waals surface area contributed by atoms with E-state index in [1.165, 1.54) is 10.4 Å². The Kier molecular flexibility index (Phi) is 7.11. The number of hydrogen-bond acceptors (Lipinski definition) is 4. The molecular weight excluding hydrogens is 372 g/mol. The van der Waals surface area contributed by atoms with Crippen molar-refractivity contribution in [3.8, 4) is 0 Å². The van der Waals surface area contributed by atoms with Gasteiger partial charge in [0.05, 0.1) is 0 Å². The van der Waals surface area contributed by atoms with Crippen LogP contribution in [-0.2, 0) is 17.7 Å². The van der Waals surface area contributed by atoms with Gasteiger partial charge in [-0.2, -0.15) is 0 Å². The van der Waals surface area contributed by atoms with E-state index in [0.29, 0.717) is 0 Å². The van der Waals surface area contributed by atoms with Crippen molar-refractivity contribution >= 4 is 33.4 Å². The van der Waals surface area contributed by atoms with E-state index in [1.807, 2.05) is 66.7 Å². The Balaban J connectivity index is 1.77. The minimum Gasteiger partial charge on any atom is -0.389 e. The van der Waals surface area contributed by atoms with E-state index in [0.717, 1.165) is 5.19 Å². The van der Waals surface area contributed by atoms with Crippen LogP contribution in [0, 0.1) is 0 Å². The fourth-order valence-electron chi connectivity index (χ4n) is 2.98. The zero-order chi connectivity index (χ0) is 19.0. The average Bonchev–Trinajstić information content (AvgIpc) is 2.76. The number of hydrogen-bond donors (Lipinski definition) is 0. The van der Waals surface area contributed by atoms with Crippen LogP contribution in [0.2, 0.25) is 0 Å². The molecule has 6 heteroatoms. The van der Waals surface area contributed by atoms with Crippen LogP contribution in [0.5, 0.6) is 0 Å². The van der Waals surface area contributed by atoms with E-state index < -0.39 is 17.8 Å². The third-order valence-corrected chi connectivity index (χ3v) is 9.42. The standard InChI is InChI=1S/C21H24O4Si2/c1-22-27(23-2,21-16-10-5-11-17-21)25-18-24-26(19-12-6-3-7-13-19)20-14-8-4-9-15-20/h3-17,26H,18H2,1-2H3. The molecule has 0 unspecified atom stereocenters. The summed E-state index contributed by atoms with van der Waals surface area (Å²) in [6.07, 6.45) is 0. The number of rotatable bonds is 9. The van der Waals surface area contributed by atoms with Gasteiger partial charge in [-0.3, -0.25) is 0 Å². The van der Waals surface area contributed by atoms with Gasteiger partial charge in [-0.25, -0.2) is 0 Å². The van der Waals surface area contributed by atoms with Crippen LogP contribution in [0.15, 0.2) is 91.0 Å². The minimum absolute atomic E-state index is 0.115. The molecular formula is C21H24O4Si2. The Hall–Kier alpha value is -2.07. The SMILES string of the molecule is CO[Si](OC)(OCO[SiH](c1ccccc1)c1ccccc1)c1ccccc1. The predicted octanol–water partition coefficient (Wildman–Crippen LogP) is 1.65. The lowest BCUT2D eigenvalue weighted by molar-refractivity contribution is 0.0383. The Morgan fingerprint density at radius 3 is 1.56 bits per heavy atom. The summed E-state index contributed by atoms with van der Waals surface area (Å²) in [6, 6.07) is 30.4. The highest BCUT2D eigenvalue weighted by molar-refractivity contribution is 6.80. The lowest BCUT2D eigenvalue weighted by atomic mass is 10.4. The van der Waals surface area contributed by atoms with Gasteiger partial charge in [0, 0.05) is 19.4 Å². The Morgan fingerprint density at radius 2 is 1.11 bits per heavy atom. The molecule has 27 heavy (non-hydrogen) atoms. The Morgan fingerprint density at radius 1 is 0.667 bits per heavy atom. The highest BCUT2D eigenvalue weighted by Crippen LogP contribution is 2.09. The molecule has 0 radical (unpaired) electrons. The second-order valence-electron chi connectivity index (χ2n) is 5.96. The largest absolute Gasteiger partial charge is 0.538 e. The summed E-state index contributed by atoms with van der Waals surface area (Å²) in [6.45, 7) is 0.115. The van der Waals surface area contributed by atoms with Gasteiger partial charge in [0.15, 0.2) is 0 Å². The summed E-state index contributed by atoms with van der Waals surface area (Å²) in [5, 5.41) is 3.32. The maximum Gasteiger partial charge on any atom is 0.538 e. The van der Waals surface area contributed by atoms with E-state index in [-0.39, 0.29) is 6.79 Å². The third-order valence-electron chi connectivity index (χ3n) is 4.35. The summed E-state index contributed by atoms with van der Waals surface area (Å²) in [5.74, 6) is 0. The fourth-order valence-corrected chi connectivity index (χ4v) is 7.10. The van der Waals surface area contributed by atoms with Crippen molar-refractivity contribution in [2.75, 3.05) is 21.0 Å². The van der Waals surface area contributed by atoms with Gasteiger partial charge in [0.2, 0.25) is 9.04 Å². The van der Waals surface area contributed by atoms with E-state index in [1.54, 1.807) is 14.2 Å². The lowest BCUT2D eigenvalue weighted by Crippen LogP contribution is -2.56. The van der Waals surface area contributed by atoms with Gasteiger partial charge in [-0.15, -0.1) is 0 Å². The van der Waals surface area contributed by atoms with Gasteiger partial charge >= 0.3 is 8.80 Å². The van der Waals surface area contributed by atoms with Crippen molar-refractivity contribution < 1.29 is 17.7 Å². The van der Waals surface area contributed by atoms with Crippen LogP contribution in [0.1, 0.15) is 0 Å². The molecule has 4 nitrogen and oxygen atoms in total. The van der Waals surface area contributed by atoms with Crippen molar-refractivity contribution in [2.24, 2.45) is 0 Å². The van der Waals surface area contributed by atoms with Gasteiger partial charge in [-0.05, 0) is 10.4 Å². The van der Waals surface area contributed by atoms with Crippen molar-refractivity contribution in [1.29, 1.82) is 0 Å². The maximum absolute atomic E-state index is 6.29. The van der Waals surface area contributed by atoms with E-state index in [2.05, 4.69) is 24.3 Å². The Labute approximate surface area is 163 Å². The van der Waals surface area contributed by atoms with Crippen LogP contribution in [0.3, 0.4) is 0 Å². The predicted molar refractivity (Wildman–Crippen MR) is 112 cm³/mol. The van der Waals surface area contributed by atoms with E-state index >= 15 is 0 Å². The van der Waals surface area contributed by atoms with E-state index in [9.17, 15) is 0 Å². The first-order valence-corrected chi connectivity index (χ1v) is 12.2. The molecule has 0 spiro atoms. The molecule has 0 aliphatic rings. The first-order valence-electron chi connectivity index (χ1n) is 8.80. The molecule has 0 aromatic heterocycles. The third kappa shape index (κ3) is 4.81. The average molecular weight is 397 g/mol. The highest BCUT2D eigenvalue weighted by atomic mass is 28.4. The first kappa shape index (κ1) is 19.7. The molecule has 0 fully saturated rings. The molecule has 0 aliphatic carbocycles. The summed E-state index contributed by atoms with van der Waals surface area (Å²) in [5.41, 5.74) is 0. The monoisotopic (exact) mass is 396 g/mol. The molecule has 0 heterocycles. The van der Waals surface area contributed by atoms with E-state index in [4.69, 9.17) is 17.7 Å².